The summed E-state index contributed by atoms with van der Waals surface area (Å²) < 4.78 is 16.3. The van der Waals surface area contributed by atoms with Crippen molar-refractivity contribution in [3.63, 3.8) is 0 Å². The van der Waals surface area contributed by atoms with E-state index in [2.05, 4.69) is 6.07 Å². The summed E-state index contributed by atoms with van der Waals surface area (Å²) in [6.45, 7) is 1.05. The third-order valence-corrected chi connectivity index (χ3v) is 3.44. The smallest absolute Gasteiger partial charge is 0.122 e. The quantitative estimate of drug-likeness (QED) is 0.814. The van der Waals surface area contributed by atoms with Gasteiger partial charge < -0.3 is 19.9 Å². The summed E-state index contributed by atoms with van der Waals surface area (Å²) in [5.41, 5.74) is 7.85. The lowest BCUT2D eigenvalue weighted by atomic mass is 10.0. The molecule has 0 aliphatic carbocycles. The molecule has 0 bridgehead atoms. The Labute approximate surface area is 131 Å². The lowest BCUT2D eigenvalue weighted by Crippen LogP contribution is -2.11. The van der Waals surface area contributed by atoms with Crippen molar-refractivity contribution in [1.29, 1.82) is 0 Å². The first-order valence-electron chi connectivity index (χ1n) is 7.39. The Balaban J connectivity index is 2.09. The molecule has 0 aliphatic heterocycles. The van der Waals surface area contributed by atoms with Crippen LogP contribution in [0.4, 0.5) is 0 Å². The minimum atomic E-state index is 0.515. The van der Waals surface area contributed by atoms with Crippen molar-refractivity contribution in [1.82, 2.24) is 0 Å². The Hall–Kier alpha value is -2.20. The summed E-state index contributed by atoms with van der Waals surface area (Å²) >= 11 is 0. The van der Waals surface area contributed by atoms with E-state index < -0.39 is 0 Å². The van der Waals surface area contributed by atoms with Gasteiger partial charge in [-0.2, -0.15) is 0 Å². The van der Waals surface area contributed by atoms with Crippen LogP contribution in [0.5, 0.6) is 17.2 Å². The molecule has 2 N–H and O–H groups in total. The number of methoxy groups -OCH3 is 2. The van der Waals surface area contributed by atoms with Gasteiger partial charge in [-0.25, -0.2) is 0 Å². The van der Waals surface area contributed by atoms with Gasteiger partial charge in [0.2, 0.25) is 0 Å². The Bertz CT molecular complexity index is 576. The van der Waals surface area contributed by atoms with Crippen molar-refractivity contribution >= 4 is 0 Å². The second-order valence-electron chi connectivity index (χ2n) is 4.97. The maximum absolute atomic E-state index is 5.69. The topological polar surface area (TPSA) is 53.7 Å². The Morgan fingerprint density at radius 2 is 1.59 bits per heavy atom. The Morgan fingerprint density at radius 3 is 2.23 bits per heavy atom. The van der Waals surface area contributed by atoms with Gasteiger partial charge in [0.25, 0.3) is 0 Å². The highest BCUT2D eigenvalue weighted by atomic mass is 16.5. The zero-order valence-electron chi connectivity index (χ0n) is 13.2. The predicted octanol–water partition coefficient (Wildman–Crippen LogP) is 2.83. The van der Waals surface area contributed by atoms with E-state index in [1.807, 2.05) is 36.4 Å². The summed E-state index contributed by atoms with van der Waals surface area (Å²) in [4.78, 5) is 0. The molecule has 4 heteroatoms. The maximum atomic E-state index is 5.69. The largest absolute Gasteiger partial charge is 0.497 e. The van der Waals surface area contributed by atoms with Crippen LogP contribution < -0.4 is 19.9 Å². The van der Waals surface area contributed by atoms with Crippen LogP contribution in [0.25, 0.3) is 0 Å². The molecule has 2 aromatic rings. The molecule has 0 radical (unpaired) electrons. The Morgan fingerprint density at radius 1 is 0.909 bits per heavy atom. The first kappa shape index (κ1) is 16.2. The third-order valence-electron chi connectivity index (χ3n) is 3.44. The van der Waals surface area contributed by atoms with E-state index in [0.29, 0.717) is 13.2 Å². The van der Waals surface area contributed by atoms with Crippen LogP contribution in [0.3, 0.4) is 0 Å². The lowest BCUT2D eigenvalue weighted by molar-refractivity contribution is 0.325. The number of nitrogens with two attached hydrogens (primary N) is 1. The maximum Gasteiger partial charge on any atom is 0.122 e. The van der Waals surface area contributed by atoms with E-state index in [4.69, 9.17) is 19.9 Å². The summed E-state index contributed by atoms with van der Waals surface area (Å²) in [6.07, 6.45) is 1.77. The molecule has 2 rings (SSSR count). The van der Waals surface area contributed by atoms with Crippen LogP contribution >= 0.6 is 0 Å². The number of hydrogen-bond acceptors (Lipinski definition) is 4. The highest BCUT2D eigenvalue weighted by Crippen LogP contribution is 2.25. The van der Waals surface area contributed by atoms with Crippen molar-refractivity contribution < 1.29 is 14.2 Å². The fourth-order valence-electron chi connectivity index (χ4n) is 2.31. The second kappa shape index (κ2) is 8.29. The lowest BCUT2D eigenvalue weighted by Gasteiger charge is -2.12. The van der Waals surface area contributed by atoms with E-state index in [9.17, 15) is 0 Å². The number of para-hydroxylation sites is 1. The van der Waals surface area contributed by atoms with E-state index in [-0.39, 0.29) is 0 Å². The minimum absolute atomic E-state index is 0.515. The van der Waals surface area contributed by atoms with Crippen LogP contribution in [-0.4, -0.2) is 27.4 Å². The SMILES string of the molecule is COc1cc(CCc2ccccc2OCCN)cc(OC)c1. The van der Waals surface area contributed by atoms with E-state index >= 15 is 0 Å². The molecule has 0 spiro atoms. The number of aryl methyl sites for hydroxylation is 2. The van der Waals surface area contributed by atoms with Gasteiger partial charge in [-0.1, -0.05) is 18.2 Å². The summed E-state index contributed by atoms with van der Waals surface area (Å²) in [6, 6.07) is 14.0. The molecule has 2 aromatic carbocycles. The summed E-state index contributed by atoms with van der Waals surface area (Å²) in [7, 11) is 3.32. The number of rotatable bonds is 8. The molecular weight excluding hydrogens is 278 g/mol. The molecule has 0 unspecified atom stereocenters. The molecule has 0 aromatic heterocycles. The average Bonchev–Trinajstić information content (AvgIpc) is 2.58. The molecule has 118 valence electrons. The molecule has 0 amide bonds. The van der Waals surface area contributed by atoms with Crippen LogP contribution in [-0.2, 0) is 12.8 Å². The molecule has 22 heavy (non-hydrogen) atoms. The standard InChI is InChI=1S/C18H23NO3/c1-20-16-11-14(12-17(13-16)21-2)7-8-15-5-3-4-6-18(15)22-10-9-19/h3-6,11-13H,7-10,19H2,1-2H3. The first-order valence-corrected chi connectivity index (χ1v) is 7.39. The van der Waals surface area contributed by atoms with Gasteiger partial charge in [-0.05, 0) is 42.2 Å². The predicted molar refractivity (Wildman–Crippen MR) is 87.9 cm³/mol. The van der Waals surface area contributed by atoms with Gasteiger partial charge in [0, 0.05) is 12.6 Å². The van der Waals surface area contributed by atoms with E-state index in [0.717, 1.165) is 30.1 Å². The normalized spacial score (nSPS) is 10.3. The van der Waals surface area contributed by atoms with Crippen molar-refractivity contribution in [3.05, 3.63) is 53.6 Å². The van der Waals surface area contributed by atoms with Gasteiger partial charge in [0.1, 0.15) is 23.9 Å². The molecular formula is C18H23NO3. The van der Waals surface area contributed by atoms with Gasteiger partial charge >= 0.3 is 0 Å². The number of ether oxygens (including phenoxy) is 3. The average molecular weight is 301 g/mol. The fourth-order valence-corrected chi connectivity index (χ4v) is 2.31. The molecule has 0 fully saturated rings. The molecule has 0 saturated carbocycles. The van der Waals surface area contributed by atoms with Crippen molar-refractivity contribution in [2.75, 3.05) is 27.4 Å². The number of benzene rings is 2. The van der Waals surface area contributed by atoms with Crippen molar-refractivity contribution in [2.24, 2.45) is 5.73 Å². The van der Waals surface area contributed by atoms with Gasteiger partial charge in [0.15, 0.2) is 0 Å². The zero-order valence-corrected chi connectivity index (χ0v) is 13.2. The van der Waals surface area contributed by atoms with Crippen molar-refractivity contribution in [3.8, 4) is 17.2 Å². The van der Waals surface area contributed by atoms with Crippen LogP contribution in [0.15, 0.2) is 42.5 Å². The zero-order chi connectivity index (χ0) is 15.8. The van der Waals surface area contributed by atoms with Crippen LogP contribution in [0, 0.1) is 0 Å². The second-order valence-corrected chi connectivity index (χ2v) is 4.97. The molecule has 4 nitrogen and oxygen atoms in total. The van der Waals surface area contributed by atoms with Gasteiger partial charge in [0.05, 0.1) is 14.2 Å². The molecule has 0 atom stereocenters. The van der Waals surface area contributed by atoms with Crippen LogP contribution in [0.2, 0.25) is 0 Å². The van der Waals surface area contributed by atoms with Crippen molar-refractivity contribution in [2.45, 2.75) is 12.8 Å². The minimum Gasteiger partial charge on any atom is -0.497 e. The van der Waals surface area contributed by atoms with Gasteiger partial charge in [-0.3, -0.25) is 0 Å². The van der Waals surface area contributed by atoms with E-state index in [1.165, 1.54) is 11.1 Å². The van der Waals surface area contributed by atoms with Gasteiger partial charge in [-0.15, -0.1) is 0 Å². The first-order chi connectivity index (χ1) is 10.8. The molecule has 0 saturated heterocycles. The molecule has 0 aliphatic rings. The highest BCUT2D eigenvalue weighted by molar-refractivity contribution is 5.40. The molecule has 0 heterocycles. The van der Waals surface area contributed by atoms with Crippen LogP contribution in [0.1, 0.15) is 11.1 Å². The fraction of sp³-hybridized carbons (Fsp3) is 0.333. The third kappa shape index (κ3) is 4.40. The van der Waals surface area contributed by atoms with E-state index in [1.54, 1.807) is 14.2 Å². The Kier molecular flexibility index (Phi) is 6.10. The monoisotopic (exact) mass is 301 g/mol. The summed E-state index contributed by atoms with van der Waals surface area (Å²) in [5.74, 6) is 2.52. The number of hydrogen-bond donors (Lipinski definition) is 1. The summed E-state index contributed by atoms with van der Waals surface area (Å²) in [5, 5.41) is 0. The highest BCUT2D eigenvalue weighted by Gasteiger charge is 2.06.